The zero-order valence-corrected chi connectivity index (χ0v) is 15.9. The van der Waals surface area contributed by atoms with E-state index in [0.717, 1.165) is 61.7 Å². The van der Waals surface area contributed by atoms with Gasteiger partial charge in [-0.2, -0.15) is 0 Å². The van der Waals surface area contributed by atoms with Gasteiger partial charge < -0.3 is 15.4 Å². The fourth-order valence-corrected chi connectivity index (χ4v) is 4.97. The van der Waals surface area contributed by atoms with Gasteiger partial charge in [0.2, 0.25) is 0 Å². The van der Waals surface area contributed by atoms with E-state index < -0.39 is 0 Å². The van der Waals surface area contributed by atoms with Gasteiger partial charge in [-0.1, -0.05) is 25.0 Å². The van der Waals surface area contributed by atoms with E-state index in [1.165, 1.54) is 5.56 Å². The lowest BCUT2D eigenvalue weighted by Gasteiger charge is -2.28. The van der Waals surface area contributed by atoms with Crippen LogP contribution in [0.15, 0.2) is 29.6 Å². The van der Waals surface area contributed by atoms with Crippen molar-refractivity contribution in [2.45, 2.75) is 50.5 Å². The van der Waals surface area contributed by atoms with Crippen molar-refractivity contribution in [1.82, 2.24) is 10.3 Å². The molecule has 0 spiro atoms. The molecule has 1 saturated carbocycles. The van der Waals surface area contributed by atoms with E-state index >= 15 is 0 Å². The van der Waals surface area contributed by atoms with Crippen molar-refractivity contribution in [3.63, 3.8) is 0 Å². The third-order valence-electron chi connectivity index (χ3n) is 5.41. The Bertz CT molecular complexity index is 760. The molecule has 26 heavy (non-hydrogen) atoms. The molecular formula is C20H25N3O2S. The van der Waals surface area contributed by atoms with Gasteiger partial charge in [-0.3, -0.25) is 0 Å². The predicted molar refractivity (Wildman–Crippen MR) is 104 cm³/mol. The average Bonchev–Trinajstić information content (AvgIpc) is 3.37. The standard InChI is InChI=1S/C20H25N3O2S/c1-14-13-26-18(21-14)20(9-2-3-10-20)23-19(24)22-17-6-4-15(5-7-17)16-8-11-25-12-16/h4-7,13,16H,2-3,8-12H2,1H3,(H2,22,23,24). The van der Waals surface area contributed by atoms with Crippen molar-refractivity contribution >= 4 is 23.1 Å². The number of aryl methyl sites for hydroxylation is 1. The number of nitrogens with zero attached hydrogens (tertiary/aromatic N) is 1. The van der Waals surface area contributed by atoms with E-state index in [2.05, 4.69) is 33.1 Å². The molecule has 1 aromatic heterocycles. The molecule has 2 aliphatic rings. The molecule has 138 valence electrons. The molecule has 1 aliphatic heterocycles. The fraction of sp³-hybridized carbons (Fsp3) is 0.500. The number of hydrogen-bond acceptors (Lipinski definition) is 4. The summed E-state index contributed by atoms with van der Waals surface area (Å²) in [6.07, 6.45) is 5.22. The van der Waals surface area contributed by atoms with Crippen molar-refractivity contribution in [3.8, 4) is 0 Å². The molecule has 2 heterocycles. The first kappa shape index (κ1) is 17.5. The minimum atomic E-state index is -0.315. The van der Waals surface area contributed by atoms with Crippen molar-refractivity contribution in [2.24, 2.45) is 0 Å². The van der Waals surface area contributed by atoms with Gasteiger partial charge in [-0.25, -0.2) is 9.78 Å². The SMILES string of the molecule is Cc1csc(C2(NC(=O)Nc3ccc(C4CCOC4)cc3)CCCC2)n1. The second-order valence-electron chi connectivity index (χ2n) is 7.34. The molecule has 5 nitrogen and oxygen atoms in total. The Morgan fingerprint density at radius 2 is 2.04 bits per heavy atom. The summed E-state index contributed by atoms with van der Waals surface area (Å²) in [5.74, 6) is 0.479. The molecule has 2 aromatic rings. The van der Waals surface area contributed by atoms with Crippen LogP contribution < -0.4 is 10.6 Å². The summed E-state index contributed by atoms with van der Waals surface area (Å²) in [4.78, 5) is 17.3. The minimum Gasteiger partial charge on any atom is -0.381 e. The van der Waals surface area contributed by atoms with Gasteiger partial charge in [0, 0.05) is 29.3 Å². The van der Waals surface area contributed by atoms with Gasteiger partial charge >= 0.3 is 6.03 Å². The van der Waals surface area contributed by atoms with Crippen molar-refractivity contribution in [1.29, 1.82) is 0 Å². The lowest BCUT2D eigenvalue weighted by Crippen LogP contribution is -2.45. The van der Waals surface area contributed by atoms with Gasteiger partial charge in [0.25, 0.3) is 0 Å². The number of hydrogen-bond donors (Lipinski definition) is 2. The number of carbonyl (C=O) groups is 1. The quantitative estimate of drug-likeness (QED) is 0.829. The van der Waals surface area contributed by atoms with Crippen LogP contribution in [0.25, 0.3) is 0 Å². The summed E-state index contributed by atoms with van der Waals surface area (Å²) >= 11 is 1.64. The maximum absolute atomic E-state index is 12.6. The first-order valence-corrected chi connectivity index (χ1v) is 10.2. The van der Waals surface area contributed by atoms with E-state index in [-0.39, 0.29) is 11.6 Å². The number of aromatic nitrogens is 1. The Morgan fingerprint density at radius 3 is 2.65 bits per heavy atom. The van der Waals surface area contributed by atoms with Gasteiger partial charge in [0.15, 0.2) is 0 Å². The largest absolute Gasteiger partial charge is 0.381 e. The van der Waals surface area contributed by atoms with Crippen molar-refractivity contribution < 1.29 is 9.53 Å². The Morgan fingerprint density at radius 1 is 1.27 bits per heavy atom. The second kappa shape index (κ2) is 7.37. The first-order valence-electron chi connectivity index (χ1n) is 9.34. The molecule has 6 heteroatoms. The number of amides is 2. The summed E-state index contributed by atoms with van der Waals surface area (Å²) in [6.45, 7) is 3.63. The highest BCUT2D eigenvalue weighted by Crippen LogP contribution is 2.40. The Hall–Kier alpha value is -1.92. The van der Waals surface area contributed by atoms with E-state index in [0.29, 0.717) is 5.92 Å². The normalized spacial score (nSPS) is 21.7. The summed E-state index contributed by atoms with van der Waals surface area (Å²) < 4.78 is 5.45. The molecule has 4 rings (SSSR count). The van der Waals surface area contributed by atoms with E-state index in [9.17, 15) is 4.79 Å². The fourth-order valence-electron chi connectivity index (χ4n) is 3.96. The van der Waals surface area contributed by atoms with E-state index in [1.54, 1.807) is 11.3 Å². The van der Waals surface area contributed by atoms with Crippen LogP contribution in [0.5, 0.6) is 0 Å². The van der Waals surface area contributed by atoms with Gasteiger partial charge in [0.05, 0.1) is 12.1 Å². The third kappa shape index (κ3) is 3.62. The highest BCUT2D eigenvalue weighted by Gasteiger charge is 2.39. The monoisotopic (exact) mass is 371 g/mol. The second-order valence-corrected chi connectivity index (χ2v) is 8.20. The highest BCUT2D eigenvalue weighted by molar-refractivity contribution is 7.09. The Kier molecular flexibility index (Phi) is 4.96. The number of urea groups is 1. The van der Waals surface area contributed by atoms with Gasteiger partial charge in [-0.15, -0.1) is 11.3 Å². The lowest BCUT2D eigenvalue weighted by atomic mass is 9.98. The third-order valence-corrected chi connectivity index (χ3v) is 6.57. The highest BCUT2D eigenvalue weighted by atomic mass is 32.1. The van der Waals surface area contributed by atoms with Crippen molar-refractivity contribution in [2.75, 3.05) is 18.5 Å². The summed E-state index contributed by atoms with van der Waals surface area (Å²) in [6, 6.07) is 7.97. The molecule has 0 bridgehead atoms. The number of carbonyl (C=O) groups excluding carboxylic acids is 1. The molecule has 1 atom stereocenters. The van der Waals surface area contributed by atoms with Crippen LogP contribution in [0.2, 0.25) is 0 Å². The number of ether oxygens (including phenoxy) is 1. The van der Waals surface area contributed by atoms with Crippen LogP contribution in [0.4, 0.5) is 10.5 Å². The topological polar surface area (TPSA) is 63.2 Å². The van der Waals surface area contributed by atoms with Crippen LogP contribution in [0, 0.1) is 6.92 Å². The molecule has 1 aromatic carbocycles. The molecule has 1 unspecified atom stereocenters. The van der Waals surface area contributed by atoms with Crippen LogP contribution in [0.3, 0.4) is 0 Å². The molecule has 1 aliphatic carbocycles. The number of anilines is 1. The molecular weight excluding hydrogens is 346 g/mol. The van der Waals surface area contributed by atoms with E-state index in [4.69, 9.17) is 4.74 Å². The van der Waals surface area contributed by atoms with Crippen molar-refractivity contribution in [3.05, 3.63) is 45.9 Å². The number of rotatable bonds is 4. The molecule has 0 radical (unpaired) electrons. The van der Waals surface area contributed by atoms with Crippen LogP contribution in [-0.2, 0) is 10.3 Å². The van der Waals surface area contributed by atoms with Crippen LogP contribution in [0.1, 0.15) is 54.3 Å². The smallest absolute Gasteiger partial charge is 0.320 e. The molecule has 2 amide bonds. The van der Waals surface area contributed by atoms with Crippen LogP contribution in [-0.4, -0.2) is 24.2 Å². The number of thiazole rings is 1. The lowest BCUT2D eigenvalue weighted by molar-refractivity contribution is 0.194. The molecule has 2 fully saturated rings. The Balaban J connectivity index is 1.42. The maximum Gasteiger partial charge on any atom is 0.320 e. The Labute approximate surface area is 158 Å². The summed E-state index contributed by atoms with van der Waals surface area (Å²) in [7, 11) is 0. The van der Waals surface area contributed by atoms with Crippen LogP contribution >= 0.6 is 11.3 Å². The minimum absolute atomic E-state index is 0.156. The summed E-state index contributed by atoms with van der Waals surface area (Å²) in [5.41, 5.74) is 2.79. The molecule has 1 saturated heterocycles. The summed E-state index contributed by atoms with van der Waals surface area (Å²) in [5, 5.41) is 9.28. The molecule has 2 N–H and O–H groups in total. The zero-order valence-electron chi connectivity index (χ0n) is 15.1. The first-order chi connectivity index (χ1) is 12.6. The average molecular weight is 372 g/mol. The van der Waals surface area contributed by atoms with E-state index in [1.807, 2.05) is 19.1 Å². The van der Waals surface area contributed by atoms with Gasteiger partial charge in [-0.05, 0) is 43.9 Å². The predicted octanol–water partition coefficient (Wildman–Crippen LogP) is 4.55. The number of benzene rings is 1. The maximum atomic E-state index is 12.6. The number of nitrogens with one attached hydrogen (secondary N) is 2. The zero-order chi connectivity index (χ0) is 18.0. The van der Waals surface area contributed by atoms with Gasteiger partial charge in [0.1, 0.15) is 5.01 Å².